The molecule has 0 spiro atoms. The average molecular weight is 294 g/mol. The predicted octanol–water partition coefficient (Wildman–Crippen LogP) is -0.758. The van der Waals surface area contributed by atoms with Crippen LogP contribution in [-0.4, -0.2) is 81.9 Å². The van der Waals surface area contributed by atoms with Crippen LogP contribution in [0, 0.1) is 5.92 Å². The molecule has 1 saturated carbocycles. The first-order valence-electron chi connectivity index (χ1n) is 7.49. The second-order valence-electron chi connectivity index (χ2n) is 6.00. The number of hydrogen-bond acceptors (Lipinski definition) is 6. The van der Waals surface area contributed by atoms with E-state index in [1.165, 1.54) is 23.9 Å². The summed E-state index contributed by atoms with van der Waals surface area (Å²) < 4.78 is 7.25. The molecule has 1 unspecified atom stereocenters. The largest absolute Gasteiger partial charge is 0.374 e. The molecule has 1 atom stereocenters. The molecule has 21 heavy (non-hydrogen) atoms. The highest BCUT2D eigenvalue weighted by Gasteiger charge is 2.29. The van der Waals surface area contributed by atoms with E-state index < -0.39 is 0 Å². The van der Waals surface area contributed by atoms with Crippen molar-refractivity contribution in [2.45, 2.75) is 25.5 Å². The van der Waals surface area contributed by atoms with Crippen molar-refractivity contribution in [2.24, 2.45) is 5.92 Å². The van der Waals surface area contributed by atoms with Crippen LogP contribution in [0.2, 0.25) is 0 Å². The van der Waals surface area contributed by atoms with E-state index in [9.17, 15) is 4.79 Å². The summed E-state index contributed by atoms with van der Waals surface area (Å²) in [5, 5.41) is 10.9. The van der Waals surface area contributed by atoms with E-state index in [0.29, 0.717) is 12.5 Å². The molecule has 8 heteroatoms. The molecule has 1 aliphatic carbocycles. The van der Waals surface area contributed by atoms with Gasteiger partial charge in [0.15, 0.2) is 0 Å². The van der Waals surface area contributed by atoms with Crippen LogP contribution < -0.4 is 0 Å². The molecule has 0 N–H and O–H groups in total. The Morgan fingerprint density at radius 3 is 2.95 bits per heavy atom. The van der Waals surface area contributed by atoms with Crippen LogP contribution in [-0.2, 0) is 16.1 Å². The van der Waals surface area contributed by atoms with E-state index in [0.717, 1.165) is 26.2 Å². The molecule has 2 fully saturated rings. The first-order valence-corrected chi connectivity index (χ1v) is 7.49. The predicted molar refractivity (Wildman–Crippen MR) is 74.4 cm³/mol. The van der Waals surface area contributed by atoms with Gasteiger partial charge in [-0.3, -0.25) is 4.79 Å². The summed E-state index contributed by atoms with van der Waals surface area (Å²) >= 11 is 0. The lowest BCUT2D eigenvalue weighted by Crippen LogP contribution is -2.48. The fourth-order valence-corrected chi connectivity index (χ4v) is 2.60. The topological polar surface area (TPSA) is 76.4 Å². The van der Waals surface area contributed by atoms with Gasteiger partial charge in [-0.2, -0.15) is 0 Å². The number of amides is 1. The molecule has 2 heterocycles. The van der Waals surface area contributed by atoms with Crippen LogP contribution >= 0.6 is 0 Å². The molecule has 1 amide bonds. The molecule has 0 bridgehead atoms. The maximum atomic E-state index is 12.5. The summed E-state index contributed by atoms with van der Waals surface area (Å²) in [7, 11) is 2.09. The number of carbonyl (C=O) groups is 1. The number of rotatable bonds is 6. The molecule has 116 valence electrons. The van der Waals surface area contributed by atoms with Gasteiger partial charge in [-0.1, -0.05) is 0 Å². The van der Waals surface area contributed by atoms with Gasteiger partial charge in [-0.25, -0.2) is 4.68 Å². The van der Waals surface area contributed by atoms with E-state index in [1.54, 1.807) is 0 Å². The van der Waals surface area contributed by atoms with E-state index in [2.05, 4.69) is 27.5 Å². The molecule has 1 aliphatic heterocycles. The molecular weight excluding hydrogens is 272 g/mol. The first-order chi connectivity index (χ1) is 10.2. The number of carbonyl (C=O) groups excluding carboxylic acids is 1. The number of tetrazole rings is 1. The normalized spacial score (nSPS) is 23.2. The van der Waals surface area contributed by atoms with E-state index >= 15 is 0 Å². The van der Waals surface area contributed by atoms with E-state index in [-0.39, 0.29) is 18.6 Å². The molecule has 8 nitrogen and oxygen atoms in total. The van der Waals surface area contributed by atoms with Crippen molar-refractivity contribution in [3.63, 3.8) is 0 Å². The molecule has 0 aromatic carbocycles. The zero-order chi connectivity index (χ0) is 14.7. The summed E-state index contributed by atoms with van der Waals surface area (Å²) in [6.45, 7) is 4.24. The van der Waals surface area contributed by atoms with Gasteiger partial charge in [0.1, 0.15) is 12.9 Å². The fraction of sp³-hybridized carbons (Fsp3) is 0.846. The third kappa shape index (κ3) is 4.21. The van der Waals surface area contributed by atoms with Crippen molar-refractivity contribution in [3.8, 4) is 0 Å². The standard InChI is InChI=1S/C13H22N6O2/c1-17-4-5-21-12(7-17)8-18(6-11-2-3-11)13(20)9-19-10-14-15-16-19/h10-12H,2-9H2,1H3. The van der Waals surface area contributed by atoms with Crippen LogP contribution in [0.5, 0.6) is 0 Å². The second kappa shape index (κ2) is 6.48. The monoisotopic (exact) mass is 294 g/mol. The van der Waals surface area contributed by atoms with Crippen molar-refractivity contribution >= 4 is 5.91 Å². The van der Waals surface area contributed by atoms with Gasteiger partial charge < -0.3 is 14.5 Å². The maximum Gasteiger partial charge on any atom is 0.244 e. The number of morpholine rings is 1. The summed E-state index contributed by atoms with van der Waals surface area (Å²) in [5.74, 6) is 0.718. The Kier molecular flexibility index (Phi) is 4.45. The van der Waals surface area contributed by atoms with E-state index in [4.69, 9.17) is 4.74 Å². The zero-order valence-corrected chi connectivity index (χ0v) is 12.4. The molecule has 2 aliphatic rings. The van der Waals surface area contributed by atoms with Gasteiger partial charge >= 0.3 is 0 Å². The summed E-state index contributed by atoms with van der Waals surface area (Å²) in [4.78, 5) is 16.6. The highest BCUT2D eigenvalue weighted by Crippen LogP contribution is 2.30. The van der Waals surface area contributed by atoms with Crippen molar-refractivity contribution in [2.75, 3.05) is 39.8 Å². The first kappa shape index (κ1) is 14.4. The van der Waals surface area contributed by atoms with Gasteiger partial charge in [-0.15, -0.1) is 5.10 Å². The summed E-state index contributed by atoms with van der Waals surface area (Å²) in [6, 6.07) is 0. The lowest BCUT2D eigenvalue weighted by molar-refractivity contribution is -0.135. The lowest BCUT2D eigenvalue weighted by Gasteiger charge is -2.34. The number of hydrogen-bond donors (Lipinski definition) is 0. The highest BCUT2D eigenvalue weighted by atomic mass is 16.5. The van der Waals surface area contributed by atoms with Gasteiger partial charge in [0.2, 0.25) is 5.91 Å². The summed E-state index contributed by atoms with van der Waals surface area (Å²) in [5.41, 5.74) is 0. The van der Waals surface area contributed by atoms with Crippen LogP contribution in [0.15, 0.2) is 6.33 Å². The van der Waals surface area contributed by atoms with Crippen molar-refractivity contribution in [3.05, 3.63) is 6.33 Å². The molecular formula is C13H22N6O2. The molecule has 0 radical (unpaired) electrons. The van der Waals surface area contributed by atoms with Gasteiger partial charge in [-0.05, 0) is 36.2 Å². The molecule has 1 aromatic heterocycles. The Morgan fingerprint density at radius 2 is 2.29 bits per heavy atom. The van der Waals surface area contributed by atoms with Gasteiger partial charge in [0, 0.05) is 26.2 Å². The maximum absolute atomic E-state index is 12.5. The average Bonchev–Trinajstić information content (AvgIpc) is 3.13. The van der Waals surface area contributed by atoms with Crippen molar-refractivity contribution in [1.29, 1.82) is 0 Å². The minimum Gasteiger partial charge on any atom is -0.374 e. The Morgan fingerprint density at radius 1 is 1.43 bits per heavy atom. The smallest absolute Gasteiger partial charge is 0.244 e. The minimum absolute atomic E-state index is 0.0611. The van der Waals surface area contributed by atoms with Crippen molar-refractivity contribution < 1.29 is 9.53 Å². The Hall–Kier alpha value is -1.54. The molecule has 1 aromatic rings. The van der Waals surface area contributed by atoms with Crippen LogP contribution in [0.1, 0.15) is 12.8 Å². The zero-order valence-electron chi connectivity index (χ0n) is 12.4. The number of ether oxygens (including phenoxy) is 1. The third-order valence-corrected chi connectivity index (χ3v) is 3.98. The van der Waals surface area contributed by atoms with Crippen LogP contribution in [0.4, 0.5) is 0 Å². The Bertz CT molecular complexity index is 461. The lowest BCUT2D eigenvalue weighted by atomic mass is 10.2. The summed E-state index contributed by atoms with van der Waals surface area (Å²) in [6.07, 6.45) is 4.01. The quantitative estimate of drug-likeness (QED) is 0.686. The second-order valence-corrected chi connectivity index (χ2v) is 6.00. The Labute approximate surface area is 124 Å². The number of nitrogens with zero attached hydrogens (tertiary/aromatic N) is 6. The fourth-order valence-electron chi connectivity index (χ4n) is 2.60. The van der Waals surface area contributed by atoms with E-state index in [1.807, 2.05) is 4.90 Å². The number of likely N-dealkylation sites (N-methyl/N-ethyl adjacent to an activating group) is 1. The third-order valence-electron chi connectivity index (χ3n) is 3.98. The van der Waals surface area contributed by atoms with Crippen molar-refractivity contribution in [1.82, 2.24) is 30.0 Å². The number of aromatic nitrogens is 4. The highest BCUT2D eigenvalue weighted by molar-refractivity contribution is 5.76. The molecule has 3 rings (SSSR count). The SMILES string of the molecule is CN1CCOC(CN(CC2CC2)C(=O)Cn2cnnn2)C1. The van der Waals surface area contributed by atoms with Gasteiger partial charge in [0.25, 0.3) is 0 Å². The van der Waals surface area contributed by atoms with Gasteiger partial charge in [0.05, 0.1) is 12.7 Å². The molecule has 1 saturated heterocycles. The Balaban J connectivity index is 1.58. The van der Waals surface area contributed by atoms with Crippen LogP contribution in [0.3, 0.4) is 0 Å². The van der Waals surface area contributed by atoms with Crippen LogP contribution in [0.25, 0.3) is 0 Å². The minimum atomic E-state index is 0.0611.